The van der Waals surface area contributed by atoms with Crippen LogP contribution < -0.4 is 5.32 Å². The summed E-state index contributed by atoms with van der Waals surface area (Å²) in [5.74, 6) is 0.886. The molecule has 0 spiro atoms. The fourth-order valence-electron chi connectivity index (χ4n) is 2.83. The van der Waals surface area contributed by atoms with E-state index in [-0.39, 0.29) is 0 Å². The zero-order valence-electron chi connectivity index (χ0n) is 14.4. The first-order chi connectivity index (χ1) is 11.8. The summed E-state index contributed by atoms with van der Waals surface area (Å²) < 4.78 is 1.90. The summed E-state index contributed by atoms with van der Waals surface area (Å²) in [6, 6.07) is 14.2. The van der Waals surface area contributed by atoms with Crippen molar-refractivity contribution in [3.63, 3.8) is 0 Å². The second kappa shape index (κ2) is 7.93. The van der Waals surface area contributed by atoms with Crippen LogP contribution in [-0.4, -0.2) is 45.7 Å². The molecule has 126 valence electrons. The highest BCUT2D eigenvalue weighted by Gasteiger charge is 2.07. The fraction of sp³-hybridized carbons (Fsp3) is 0.368. The van der Waals surface area contributed by atoms with E-state index < -0.39 is 0 Å². The minimum absolute atomic E-state index is 0.863. The van der Waals surface area contributed by atoms with E-state index in [1.54, 1.807) is 0 Å². The van der Waals surface area contributed by atoms with Crippen LogP contribution in [-0.2, 0) is 0 Å². The van der Waals surface area contributed by atoms with E-state index in [1.807, 2.05) is 41.0 Å². The summed E-state index contributed by atoms with van der Waals surface area (Å²) in [5.41, 5.74) is 3.00. The van der Waals surface area contributed by atoms with Crippen LogP contribution in [0.25, 0.3) is 16.9 Å². The molecule has 1 N–H and O–H groups in total. The van der Waals surface area contributed by atoms with Gasteiger partial charge in [0.25, 0.3) is 0 Å². The molecule has 0 fully saturated rings. The van der Waals surface area contributed by atoms with Crippen molar-refractivity contribution in [2.75, 3.05) is 31.5 Å². The van der Waals surface area contributed by atoms with Gasteiger partial charge in [-0.15, -0.1) is 5.10 Å². The van der Waals surface area contributed by atoms with Crippen molar-refractivity contribution in [2.45, 2.75) is 20.3 Å². The molecule has 5 nitrogen and oxygen atoms in total. The maximum Gasteiger partial charge on any atom is 0.154 e. The molecular formula is C19H25N5. The van der Waals surface area contributed by atoms with Gasteiger partial charge in [-0.1, -0.05) is 44.2 Å². The molecule has 0 saturated heterocycles. The van der Waals surface area contributed by atoms with Gasteiger partial charge >= 0.3 is 0 Å². The monoisotopic (exact) mass is 323 g/mol. The fourth-order valence-corrected chi connectivity index (χ4v) is 2.83. The Bertz CT molecular complexity index is 762. The Morgan fingerprint density at radius 2 is 1.83 bits per heavy atom. The van der Waals surface area contributed by atoms with Crippen molar-refractivity contribution in [1.82, 2.24) is 19.5 Å². The first-order valence-electron chi connectivity index (χ1n) is 8.68. The summed E-state index contributed by atoms with van der Waals surface area (Å²) in [6.07, 6.45) is 2.98. The summed E-state index contributed by atoms with van der Waals surface area (Å²) in [6.45, 7) is 8.66. The third-order valence-corrected chi connectivity index (χ3v) is 4.28. The number of benzene rings is 1. The maximum atomic E-state index is 4.70. The Morgan fingerprint density at radius 3 is 2.58 bits per heavy atom. The number of anilines is 1. The van der Waals surface area contributed by atoms with E-state index in [1.165, 1.54) is 0 Å². The molecule has 5 heteroatoms. The molecule has 0 aliphatic rings. The normalized spacial score (nSPS) is 11.3. The molecule has 24 heavy (non-hydrogen) atoms. The van der Waals surface area contributed by atoms with Gasteiger partial charge < -0.3 is 10.2 Å². The van der Waals surface area contributed by atoms with Gasteiger partial charge in [0, 0.05) is 12.1 Å². The number of imidazole rings is 1. The van der Waals surface area contributed by atoms with E-state index in [0.29, 0.717) is 0 Å². The molecule has 3 rings (SSSR count). The average molecular weight is 323 g/mol. The molecule has 0 aliphatic carbocycles. The lowest BCUT2D eigenvalue weighted by atomic mass is 10.2. The SMILES string of the molecule is CCN(CC)CCCNc1ccc2ncc(-c3ccccc3)n2n1. The van der Waals surface area contributed by atoms with E-state index in [9.17, 15) is 0 Å². The maximum absolute atomic E-state index is 4.70. The number of nitrogens with one attached hydrogen (secondary N) is 1. The highest BCUT2D eigenvalue weighted by atomic mass is 15.3. The smallest absolute Gasteiger partial charge is 0.154 e. The summed E-state index contributed by atoms with van der Waals surface area (Å²) in [4.78, 5) is 6.88. The first-order valence-corrected chi connectivity index (χ1v) is 8.68. The van der Waals surface area contributed by atoms with Crippen molar-refractivity contribution in [3.8, 4) is 11.3 Å². The summed E-state index contributed by atoms with van der Waals surface area (Å²) >= 11 is 0. The Labute approximate surface area is 143 Å². The lowest BCUT2D eigenvalue weighted by Crippen LogP contribution is -2.25. The number of fused-ring (bicyclic) bond motifs is 1. The number of nitrogens with zero attached hydrogens (tertiary/aromatic N) is 4. The predicted octanol–water partition coefficient (Wildman–Crippen LogP) is 3.54. The van der Waals surface area contributed by atoms with Gasteiger partial charge in [-0.05, 0) is 38.2 Å². The zero-order valence-corrected chi connectivity index (χ0v) is 14.4. The Balaban J connectivity index is 1.69. The first kappa shape index (κ1) is 16.5. The van der Waals surface area contributed by atoms with E-state index in [4.69, 9.17) is 5.10 Å². The standard InChI is InChI=1S/C19H25N5/c1-3-23(4-2)14-8-13-20-18-11-12-19-21-15-17(24(19)22-18)16-9-6-5-7-10-16/h5-7,9-12,15H,3-4,8,13-14H2,1-2H3,(H,20,22). The van der Waals surface area contributed by atoms with Crippen LogP contribution in [0, 0.1) is 0 Å². The minimum Gasteiger partial charge on any atom is -0.369 e. The van der Waals surface area contributed by atoms with Gasteiger partial charge in [0.2, 0.25) is 0 Å². The van der Waals surface area contributed by atoms with Crippen molar-refractivity contribution in [2.24, 2.45) is 0 Å². The predicted molar refractivity (Wildman–Crippen MR) is 99.3 cm³/mol. The van der Waals surface area contributed by atoms with Crippen molar-refractivity contribution in [1.29, 1.82) is 0 Å². The molecule has 0 amide bonds. The van der Waals surface area contributed by atoms with Crippen molar-refractivity contribution < 1.29 is 0 Å². The molecule has 1 aromatic carbocycles. The highest BCUT2D eigenvalue weighted by molar-refractivity contribution is 5.63. The third kappa shape index (κ3) is 3.74. The van der Waals surface area contributed by atoms with Crippen LogP contribution >= 0.6 is 0 Å². The summed E-state index contributed by atoms with van der Waals surface area (Å²) in [7, 11) is 0. The molecular weight excluding hydrogens is 298 g/mol. The van der Waals surface area contributed by atoms with Gasteiger partial charge in [-0.3, -0.25) is 0 Å². The number of rotatable bonds is 8. The summed E-state index contributed by atoms with van der Waals surface area (Å²) in [5, 5.41) is 8.12. The topological polar surface area (TPSA) is 45.5 Å². The Kier molecular flexibility index (Phi) is 5.43. The van der Waals surface area contributed by atoms with E-state index in [2.05, 4.69) is 41.2 Å². The van der Waals surface area contributed by atoms with Gasteiger partial charge in [0.15, 0.2) is 5.65 Å². The van der Waals surface area contributed by atoms with Crippen LogP contribution in [0.2, 0.25) is 0 Å². The van der Waals surface area contributed by atoms with Gasteiger partial charge in [-0.25, -0.2) is 9.50 Å². The second-order valence-electron chi connectivity index (χ2n) is 5.81. The van der Waals surface area contributed by atoms with Crippen molar-refractivity contribution >= 4 is 11.5 Å². The molecule has 2 aromatic heterocycles. The quantitative estimate of drug-likeness (QED) is 0.644. The van der Waals surface area contributed by atoms with Crippen LogP contribution in [0.4, 0.5) is 5.82 Å². The molecule has 0 aliphatic heterocycles. The van der Waals surface area contributed by atoms with Crippen molar-refractivity contribution in [3.05, 3.63) is 48.7 Å². The number of hydrogen-bond acceptors (Lipinski definition) is 4. The lowest BCUT2D eigenvalue weighted by molar-refractivity contribution is 0.303. The lowest BCUT2D eigenvalue weighted by Gasteiger charge is -2.17. The van der Waals surface area contributed by atoms with E-state index in [0.717, 1.165) is 55.3 Å². The van der Waals surface area contributed by atoms with Gasteiger partial charge in [0.05, 0.1) is 11.9 Å². The second-order valence-corrected chi connectivity index (χ2v) is 5.81. The van der Waals surface area contributed by atoms with Crippen LogP contribution in [0.1, 0.15) is 20.3 Å². The molecule has 2 heterocycles. The van der Waals surface area contributed by atoms with Gasteiger partial charge in [0.1, 0.15) is 5.82 Å². The minimum atomic E-state index is 0.863. The van der Waals surface area contributed by atoms with Crippen LogP contribution in [0.5, 0.6) is 0 Å². The largest absolute Gasteiger partial charge is 0.369 e. The Morgan fingerprint density at radius 1 is 1.04 bits per heavy atom. The van der Waals surface area contributed by atoms with Crippen LogP contribution in [0.15, 0.2) is 48.7 Å². The molecule has 0 atom stereocenters. The highest BCUT2D eigenvalue weighted by Crippen LogP contribution is 2.20. The molecule has 3 aromatic rings. The Hall–Kier alpha value is -2.40. The average Bonchev–Trinajstić information content (AvgIpc) is 3.06. The molecule has 0 unspecified atom stereocenters. The van der Waals surface area contributed by atoms with E-state index >= 15 is 0 Å². The molecule has 0 bridgehead atoms. The zero-order chi connectivity index (χ0) is 16.8. The molecule has 0 radical (unpaired) electrons. The molecule has 0 saturated carbocycles. The van der Waals surface area contributed by atoms with Crippen LogP contribution in [0.3, 0.4) is 0 Å². The third-order valence-electron chi connectivity index (χ3n) is 4.28. The number of hydrogen-bond donors (Lipinski definition) is 1. The van der Waals surface area contributed by atoms with Gasteiger partial charge in [-0.2, -0.15) is 0 Å². The number of aromatic nitrogens is 3.